The van der Waals surface area contributed by atoms with Crippen LogP contribution in [0.4, 0.5) is 0 Å². The lowest BCUT2D eigenvalue weighted by Gasteiger charge is -2.64. The molecule has 0 aromatic heterocycles. The highest BCUT2D eigenvalue weighted by Gasteiger charge is 2.64. The van der Waals surface area contributed by atoms with Gasteiger partial charge >= 0.3 is 5.97 Å². The third kappa shape index (κ3) is 3.36. The van der Waals surface area contributed by atoms with Crippen molar-refractivity contribution < 1.29 is 20.1 Å². The number of carboxylic acid groups (broad SMARTS) is 1. The van der Waals surface area contributed by atoms with Gasteiger partial charge in [-0.1, -0.05) is 34.1 Å². The monoisotopic (exact) mass is 420 g/mol. The quantitative estimate of drug-likeness (QED) is 0.577. The fourth-order valence-corrected chi connectivity index (χ4v) is 9.48. The van der Waals surface area contributed by atoms with Gasteiger partial charge in [0.1, 0.15) is 0 Å². The number of rotatable bonds is 5. The van der Waals surface area contributed by atoms with E-state index in [-0.39, 0.29) is 29.5 Å². The van der Waals surface area contributed by atoms with Gasteiger partial charge in [0.2, 0.25) is 0 Å². The van der Waals surface area contributed by atoms with E-state index in [1.54, 1.807) is 0 Å². The van der Waals surface area contributed by atoms with Crippen molar-refractivity contribution in [2.75, 3.05) is 0 Å². The summed E-state index contributed by atoms with van der Waals surface area (Å²) >= 11 is 0. The summed E-state index contributed by atoms with van der Waals surface area (Å²) in [6.45, 7) is 9.44. The molecule has 0 aromatic rings. The number of aliphatic hydroxyl groups is 2. The average molecular weight is 421 g/mol. The van der Waals surface area contributed by atoms with Gasteiger partial charge in [-0.2, -0.15) is 0 Å². The van der Waals surface area contributed by atoms with E-state index in [0.717, 1.165) is 32.1 Å². The molecule has 172 valence electrons. The Labute approximate surface area is 182 Å². The highest BCUT2D eigenvalue weighted by atomic mass is 16.4. The predicted molar refractivity (Wildman–Crippen MR) is 118 cm³/mol. The Morgan fingerprint density at radius 3 is 2.33 bits per heavy atom. The van der Waals surface area contributed by atoms with Crippen LogP contribution in [0, 0.1) is 52.3 Å². The van der Waals surface area contributed by atoms with Gasteiger partial charge in [0.05, 0.1) is 12.2 Å². The minimum absolute atomic E-state index is 0.194. The Hall–Kier alpha value is -0.610. The molecule has 0 amide bonds. The van der Waals surface area contributed by atoms with Crippen LogP contribution in [0.15, 0.2) is 0 Å². The van der Waals surface area contributed by atoms with Crippen LogP contribution in [0.2, 0.25) is 0 Å². The standard InChI is InChI=1S/C26H44O4/c1-5-17-21-14-16(27)10-12-26(21,4)20-11-13-25(3)18(15(2)6-9-22(28)29)7-8-19(25)23(20)24(17)30/h15-21,23-24,27,30H,5-14H2,1-4H3,(H,28,29)/t15?,16-,17-,18?,19+,20+,21+,23+,24-,25-,26-/m1/s1. The van der Waals surface area contributed by atoms with Gasteiger partial charge in [0, 0.05) is 6.42 Å². The molecule has 4 rings (SSSR count). The van der Waals surface area contributed by atoms with E-state index in [4.69, 9.17) is 5.11 Å². The lowest BCUT2D eigenvalue weighted by molar-refractivity contribution is -0.203. The van der Waals surface area contributed by atoms with E-state index >= 15 is 0 Å². The maximum Gasteiger partial charge on any atom is 0.303 e. The molecule has 0 heterocycles. The first-order valence-electron chi connectivity index (χ1n) is 12.7. The van der Waals surface area contributed by atoms with Crippen LogP contribution in [-0.2, 0) is 4.79 Å². The van der Waals surface area contributed by atoms with Crippen LogP contribution in [0.3, 0.4) is 0 Å². The number of aliphatic hydroxyl groups excluding tert-OH is 2. The van der Waals surface area contributed by atoms with E-state index in [1.807, 2.05) is 0 Å². The summed E-state index contributed by atoms with van der Waals surface area (Å²) in [7, 11) is 0. The highest BCUT2D eigenvalue weighted by molar-refractivity contribution is 5.66. The van der Waals surface area contributed by atoms with E-state index in [1.165, 1.54) is 25.7 Å². The molecule has 4 fully saturated rings. The van der Waals surface area contributed by atoms with Crippen LogP contribution in [0.1, 0.15) is 91.9 Å². The smallest absolute Gasteiger partial charge is 0.303 e. The van der Waals surface area contributed by atoms with Gasteiger partial charge in [-0.25, -0.2) is 0 Å². The fraction of sp³-hybridized carbons (Fsp3) is 0.962. The number of hydrogen-bond acceptors (Lipinski definition) is 3. The lowest BCUT2D eigenvalue weighted by Crippen LogP contribution is -2.62. The minimum atomic E-state index is -0.683. The third-order valence-corrected chi connectivity index (χ3v) is 11.0. The summed E-state index contributed by atoms with van der Waals surface area (Å²) in [6.07, 6.45) is 9.27. The lowest BCUT2D eigenvalue weighted by atomic mass is 9.41. The van der Waals surface area contributed by atoms with Crippen molar-refractivity contribution in [3.63, 3.8) is 0 Å². The van der Waals surface area contributed by atoms with Crippen LogP contribution >= 0.6 is 0 Å². The zero-order valence-corrected chi connectivity index (χ0v) is 19.5. The van der Waals surface area contributed by atoms with Crippen molar-refractivity contribution in [3.8, 4) is 0 Å². The molecule has 3 N–H and O–H groups in total. The number of carboxylic acids is 1. The second kappa shape index (κ2) is 8.06. The molecular weight excluding hydrogens is 376 g/mol. The van der Waals surface area contributed by atoms with Crippen LogP contribution in [0.25, 0.3) is 0 Å². The van der Waals surface area contributed by atoms with Crippen molar-refractivity contribution >= 4 is 5.97 Å². The molecule has 0 spiro atoms. The van der Waals surface area contributed by atoms with E-state index in [9.17, 15) is 15.0 Å². The first-order valence-corrected chi connectivity index (χ1v) is 12.7. The van der Waals surface area contributed by atoms with Crippen LogP contribution in [0.5, 0.6) is 0 Å². The molecule has 30 heavy (non-hydrogen) atoms. The molecule has 4 saturated carbocycles. The number of hydrogen-bond donors (Lipinski definition) is 3. The molecule has 0 radical (unpaired) electrons. The average Bonchev–Trinajstić information content (AvgIpc) is 3.05. The first-order chi connectivity index (χ1) is 14.1. The second-order valence-electron chi connectivity index (χ2n) is 12.0. The Bertz CT molecular complexity index is 649. The molecule has 4 heteroatoms. The molecule has 11 atom stereocenters. The Morgan fingerprint density at radius 1 is 1.00 bits per heavy atom. The fourth-order valence-electron chi connectivity index (χ4n) is 9.48. The summed E-state index contributed by atoms with van der Waals surface area (Å²) in [4.78, 5) is 11.1. The van der Waals surface area contributed by atoms with Crippen molar-refractivity contribution in [2.24, 2.45) is 52.3 Å². The maximum atomic E-state index is 11.7. The third-order valence-electron chi connectivity index (χ3n) is 11.0. The summed E-state index contributed by atoms with van der Waals surface area (Å²) in [6, 6.07) is 0. The molecule has 0 bridgehead atoms. The zero-order valence-electron chi connectivity index (χ0n) is 19.5. The van der Waals surface area contributed by atoms with Gasteiger partial charge in [-0.3, -0.25) is 4.79 Å². The van der Waals surface area contributed by atoms with Crippen molar-refractivity contribution in [2.45, 2.75) is 104 Å². The number of fused-ring (bicyclic) bond motifs is 5. The molecule has 2 unspecified atom stereocenters. The van der Waals surface area contributed by atoms with Crippen LogP contribution < -0.4 is 0 Å². The zero-order chi connectivity index (χ0) is 21.8. The van der Waals surface area contributed by atoms with Gasteiger partial charge in [0.25, 0.3) is 0 Å². The Balaban J connectivity index is 1.61. The molecular formula is C26H44O4. The summed E-state index contributed by atoms with van der Waals surface area (Å²) in [5, 5.41) is 31.3. The summed E-state index contributed by atoms with van der Waals surface area (Å²) in [5.74, 6) is 2.58. The Kier molecular flexibility index (Phi) is 6.07. The highest BCUT2D eigenvalue weighted by Crippen LogP contribution is 2.69. The first kappa shape index (κ1) is 22.6. The molecule has 0 aliphatic heterocycles. The van der Waals surface area contributed by atoms with E-state index in [0.29, 0.717) is 41.4 Å². The molecule has 4 nitrogen and oxygen atoms in total. The summed E-state index contributed by atoms with van der Waals surface area (Å²) < 4.78 is 0. The summed E-state index contributed by atoms with van der Waals surface area (Å²) in [5.41, 5.74) is 0.480. The largest absolute Gasteiger partial charge is 0.481 e. The molecule has 4 aliphatic rings. The molecule has 4 aliphatic carbocycles. The van der Waals surface area contributed by atoms with Gasteiger partial charge < -0.3 is 15.3 Å². The SMILES string of the molecule is CC[C@H]1[C@@H](O)[C@@H]2[C@H](CC[C@]3(C)C(C(C)CCC(=O)O)CC[C@@H]23)[C@@]2(C)CC[C@@H](O)C[C@@H]12. The predicted octanol–water partition coefficient (Wildman–Crippen LogP) is 5.11. The van der Waals surface area contributed by atoms with Crippen molar-refractivity contribution in [1.82, 2.24) is 0 Å². The van der Waals surface area contributed by atoms with Gasteiger partial charge in [-0.05, 0) is 104 Å². The normalized spacial score (nSPS) is 51.5. The van der Waals surface area contributed by atoms with Gasteiger partial charge in [0.15, 0.2) is 0 Å². The van der Waals surface area contributed by atoms with Gasteiger partial charge in [-0.15, -0.1) is 0 Å². The minimum Gasteiger partial charge on any atom is -0.481 e. The van der Waals surface area contributed by atoms with E-state index in [2.05, 4.69) is 27.7 Å². The Morgan fingerprint density at radius 2 is 1.67 bits per heavy atom. The number of aliphatic carboxylic acids is 1. The van der Waals surface area contributed by atoms with E-state index < -0.39 is 5.97 Å². The van der Waals surface area contributed by atoms with Crippen molar-refractivity contribution in [1.29, 1.82) is 0 Å². The molecule has 0 aromatic carbocycles. The molecule has 0 saturated heterocycles. The second-order valence-corrected chi connectivity index (χ2v) is 12.0. The topological polar surface area (TPSA) is 77.8 Å². The maximum absolute atomic E-state index is 11.7. The number of carbonyl (C=O) groups is 1. The van der Waals surface area contributed by atoms with Crippen LogP contribution in [-0.4, -0.2) is 33.5 Å². The van der Waals surface area contributed by atoms with Crippen molar-refractivity contribution in [3.05, 3.63) is 0 Å².